The number of aliphatic hydroxyl groups is 1. The summed E-state index contributed by atoms with van der Waals surface area (Å²) in [5.74, 6) is -0.175. The number of ether oxygens (including phenoxy) is 1. The van der Waals surface area contributed by atoms with Gasteiger partial charge in [-0.3, -0.25) is 9.78 Å². The zero-order valence-electron chi connectivity index (χ0n) is 11.3. The lowest BCUT2D eigenvalue weighted by Crippen LogP contribution is -2.37. The Morgan fingerprint density at radius 3 is 3.24 bits per heavy atom. The van der Waals surface area contributed by atoms with Crippen LogP contribution in [0.25, 0.3) is 10.6 Å². The molecule has 1 saturated heterocycles. The molecule has 3 rings (SSSR count). The van der Waals surface area contributed by atoms with Crippen LogP contribution in [0, 0.1) is 0 Å². The van der Waals surface area contributed by atoms with Gasteiger partial charge >= 0.3 is 0 Å². The van der Waals surface area contributed by atoms with Gasteiger partial charge in [-0.05, 0) is 12.1 Å². The molecule has 0 aromatic carbocycles. The lowest BCUT2D eigenvalue weighted by Gasteiger charge is -2.20. The topological polar surface area (TPSA) is 75.6 Å². The molecule has 3 heterocycles. The van der Waals surface area contributed by atoms with E-state index >= 15 is 0 Å². The van der Waals surface area contributed by atoms with Crippen LogP contribution in [0.1, 0.15) is 10.5 Å². The Labute approximate surface area is 126 Å². The van der Waals surface area contributed by atoms with Gasteiger partial charge in [0.2, 0.25) is 0 Å². The number of thiazole rings is 1. The number of hydrogen-bond acceptors (Lipinski definition) is 6. The first-order valence-corrected chi connectivity index (χ1v) is 7.53. The van der Waals surface area contributed by atoms with E-state index in [4.69, 9.17) is 4.74 Å². The number of rotatable bonds is 2. The van der Waals surface area contributed by atoms with Crippen LogP contribution < -0.4 is 0 Å². The lowest BCUT2D eigenvalue weighted by atomic mass is 10.3. The quantitative estimate of drug-likeness (QED) is 0.897. The Kier molecular flexibility index (Phi) is 4.23. The van der Waals surface area contributed by atoms with Crippen LogP contribution in [0.15, 0.2) is 29.9 Å². The average molecular weight is 305 g/mol. The summed E-state index contributed by atoms with van der Waals surface area (Å²) in [6.45, 7) is 1.44. The predicted molar refractivity (Wildman–Crippen MR) is 78.1 cm³/mol. The number of hydrogen-bond donors (Lipinski definition) is 1. The van der Waals surface area contributed by atoms with Crippen molar-refractivity contribution in [3.05, 3.63) is 35.6 Å². The molecule has 0 spiro atoms. The molecule has 1 aliphatic rings. The SMILES string of the molecule is O=C(c1csc(-c2cccnc2)n1)N1CCOCC(O)C1. The maximum Gasteiger partial charge on any atom is 0.273 e. The van der Waals surface area contributed by atoms with Gasteiger partial charge in [0.1, 0.15) is 10.7 Å². The highest BCUT2D eigenvalue weighted by atomic mass is 32.1. The van der Waals surface area contributed by atoms with Crippen LogP contribution in [0.5, 0.6) is 0 Å². The van der Waals surface area contributed by atoms with Crippen LogP contribution >= 0.6 is 11.3 Å². The van der Waals surface area contributed by atoms with Gasteiger partial charge in [0.15, 0.2) is 0 Å². The standard InChI is InChI=1S/C14H15N3O3S/c18-11-7-17(4-5-20-8-11)14(19)12-9-21-13(16-12)10-2-1-3-15-6-10/h1-3,6,9,11,18H,4-5,7-8H2. The lowest BCUT2D eigenvalue weighted by molar-refractivity contribution is 0.0533. The molecule has 1 unspecified atom stereocenters. The number of pyridine rings is 1. The first-order chi connectivity index (χ1) is 10.2. The third-order valence-corrected chi connectivity index (χ3v) is 4.06. The molecule has 6 nitrogen and oxygen atoms in total. The monoisotopic (exact) mass is 305 g/mol. The summed E-state index contributed by atoms with van der Waals surface area (Å²) in [6.07, 6.45) is 2.77. The van der Waals surface area contributed by atoms with Crippen molar-refractivity contribution in [2.45, 2.75) is 6.10 Å². The summed E-state index contributed by atoms with van der Waals surface area (Å²) in [5.41, 5.74) is 1.29. The van der Waals surface area contributed by atoms with Gasteiger partial charge in [-0.25, -0.2) is 4.98 Å². The minimum Gasteiger partial charge on any atom is -0.389 e. The van der Waals surface area contributed by atoms with Crippen molar-refractivity contribution in [2.75, 3.05) is 26.3 Å². The fraction of sp³-hybridized carbons (Fsp3) is 0.357. The van der Waals surface area contributed by atoms with E-state index in [0.717, 1.165) is 10.6 Å². The number of nitrogens with zero attached hydrogens (tertiary/aromatic N) is 3. The van der Waals surface area contributed by atoms with E-state index in [9.17, 15) is 9.90 Å². The highest BCUT2D eigenvalue weighted by Crippen LogP contribution is 2.23. The molecular formula is C14H15N3O3S. The molecule has 7 heteroatoms. The Morgan fingerprint density at radius 1 is 1.52 bits per heavy atom. The molecule has 21 heavy (non-hydrogen) atoms. The Morgan fingerprint density at radius 2 is 2.43 bits per heavy atom. The molecule has 2 aromatic rings. The van der Waals surface area contributed by atoms with Gasteiger partial charge in [-0.2, -0.15) is 0 Å². The Hall–Kier alpha value is -1.83. The number of β-amino-alcohol motifs (C(OH)–C–C–N with tert-alkyl or cyclic N) is 1. The first kappa shape index (κ1) is 14.1. The summed E-state index contributed by atoms with van der Waals surface area (Å²) in [5, 5.41) is 12.2. The largest absolute Gasteiger partial charge is 0.389 e. The van der Waals surface area contributed by atoms with E-state index in [1.54, 1.807) is 22.7 Å². The zero-order valence-corrected chi connectivity index (χ0v) is 12.1. The zero-order chi connectivity index (χ0) is 14.7. The summed E-state index contributed by atoms with van der Waals surface area (Å²) in [4.78, 5) is 22.4. The van der Waals surface area contributed by atoms with Crippen LogP contribution in [0.3, 0.4) is 0 Å². The third kappa shape index (κ3) is 3.26. The van der Waals surface area contributed by atoms with E-state index in [2.05, 4.69) is 9.97 Å². The maximum absolute atomic E-state index is 12.4. The van der Waals surface area contributed by atoms with E-state index in [1.807, 2.05) is 12.1 Å². The second-order valence-corrected chi connectivity index (χ2v) is 5.62. The summed E-state index contributed by atoms with van der Waals surface area (Å²) in [6, 6.07) is 3.74. The average Bonchev–Trinajstić information content (AvgIpc) is 2.90. The highest BCUT2D eigenvalue weighted by molar-refractivity contribution is 7.13. The smallest absolute Gasteiger partial charge is 0.273 e. The van der Waals surface area contributed by atoms with Crippen molar-refractivity contribution in [1.82, 2.24) is 14.9 Å². The predicted octanol–water partition coefficient (Wildman–Crippen LogP) is 1.04. The molecule has 1 aliphatic heterocycles. The Balaban J connectivity index is 1.78. The molecule has 1 fully saturated rings. The Bertz CT molecular complexity index is 617. The van der Waals surface area contributed by atoms with Crippen LogP contribution in [-0.2, 0) is 4.74 Å². The van der Waals surface area contributed by atoms with Gasteiger partial charge in [-0.15, -0.1) is 11.3 Å². The van der Waals surface area contributed by atoms with Gasteiger partial charge in [0, 0.05) is 36.4 Å². The molecule has 1 atom stereocenters. The number of carbonyl (C=O) groups is 1. The van der Waals surface area contributed by atoms with E-state index in [-0.39, 0.29) is 19.1 Å². The van der Waals surface area contributed by atoms with Gasteiger partial charge < -0.3 is 14.7 Å². The van der Waals surface area contributed by atoms with E-state index < -0.39 is 6.10 Å². The summed E-state index contributed by atoms with van der Waals surface area (Å²) in [7, 11) is 0. The molecule has 0 saturated carbocycles. The third-order valence-electron chi connectivity index (χ3n) is 3.17. The molecule has 0 radical (unpaired) electrons. The van der Waals surface area contributed by atoms with Crippen molar-refractivity contribution in [3.63, 3.8) is 0 Å². The van der Waals surface area contributed by atoms with Crippen LogP contribution in [0.2, 0.25) is 0 Å². The fourth-order valence-corrected chi connectivity index (χ4v) is 2.92. The second kappa shape index (κ2) is 6.30. The first-order valence-electron chi connectivity index (χ1n) is 6.65. The van der Waals surface area contributed by atoms with Crippen molar-refractivity contribution < 1.29 is 14.6 Å². The normalized spacial score (nSPS) is 19.3. The second-order valence-electron chi connectivity index (χ2n) is 4.76. The molecule has 0 bridgehead atoms. The number of aliphatic hydroxyl groups excluding tert-OH is 1. The number of amides is 1. The number of carbonyl (C=O) groups excluding carboxylic acids is 1. The minimum absolute atomic E-state index is 0.175. The van der Waals surface area contributed by atoms with Crippen LogP contribution in [-0.4, -0.2) is 58.3 Å². The van der Waals surface area contributed by atoms with Gasteiger partial charge in [0.25, 0.3) is 5.91 Å². The molecule has 1 N–H and O–H groups in total. The summed E-state index contributed by atoms with van der Waals surface area (Å²) < 4.78 is 5.23. The fourth-order valence-electron chi connectivity index (χ4n) is 2.13. The minimum atomic E-state index is -0.645. The number of aromatic nitrogens is 2. The maximum atomic E-state index is 12.4. The van der Waals surface area contributed by atoms with E-state index in [1.165, 1.54) is 11.3 Å². The molecular weight excluding hydrogens is 290 g/mol. The highest BCUT2D eigenvalue weighted by Gasteiger charge is 2.23. The van der Waals surface area contributed by atoms with Crippen molar-refractivity contribution >= 4 is 17.2 Å². The van der Waals surface area contributed by atoms with Gasteiger partial charge in [-0.1, -0.05) is 0 Å². The molecule has 1 amide bonds. The van der Waals surface area contributed by atoms with E-state index in [0.29, 0.717) is 18.8 Å². The molecule has 2 aromatic heterocycles. The molecule has 110 valence electrons. The van der Waals surface area contributed by atoms with Crippen LogP contribution in [0.4, 0.5) is 0 Å². The van der Waals surface area contributed by atoms with Crippen molar-refractivity contribution in [2.24, 2.45) is 0 Å². The van der Waals surface area contributed by atoms with Gasteiger partial charge in [0.05, 0.1) is 19.3 Å². The summed E-state index contributed by atoms with van der Waals surface area (Å²) >= 11 is 1.41. The molecule has 0 aliphatic carbocycles. The van der Waals surface area contributed by atoms with Crippen molar-refractivity contribution in [1.29, 1.82) is 0 Å². The van der Waals surface area contributed by atoms with Crippen molar-refractivity contribution in [3.8, 4) is 10.6 Å².